The number of amides is 1. The number of aromatic nitrogens is 2. The summed E-state index contributed by atoms with van der Waals surface area (Å²) in [6.07, 6.45) is 4.69. The van der Waals surface area contributed by atoms with Gasteiger partial charge in [0, 0.05) is 23.3 Å². The second-order valence-corrected chi connectivity index (χ2v) is 9.03. The maximum atomic E-state index is 12.8. The molecule has 0 unspecified atom stereocenters. The highest BCUT2D eigenvalue weighted by molar-refractivity contribution is 9.10. The fourth-order valence-electron chi connectivity index (χ4n) is 2.92. The van der Waals surface area contributed by atoms with Crippen LogP contribution in [0.3, 0.4) is 0 Å². The third kappa shape index (κ3) is 3.78. The maximum absolute atomic E-state index is 12.8. The van der Waals surface area contributed by atoms with E-state index in [1.807, 2.05) is 31.2 Å². The van der Waals surface area contributed by atoms with Gasteiger partial charge in [0.1, 0.15) is 11.7 Å². The van der Waals surface area contributed by atoms with Crippen LogP contribution in [0.2, 0.25) is 0 Å². The van der Waals surface area contributed by atoms with Gasteiger partial charge in [-0.3, -0.25) is 4.79 Å². The number of hydrogen-bond donors (Lipinski definition) is 1. The molecule has 1 amide bonds. The van der Waals surface area contributed by atoms with E-state index in [9.17, 15) is 13.2 Å². The SMILES string of the molecule is Cc1cc(NC(=O)C2=CN3CCS(=O)(=O)N=C3C=C2)n(-c2cccc(Br)c2)n1. The summed E-state index contributed by atoms with van der Waals surface area (Å²) < 4.78 is 29.5. The fourth-order valence-corrected chi connectivity index (χ4v) is 4.27. The standard InChI is InChI=1S/C18H16BrN5O3S/c1-12-9-17(24(21-12)15-4-2-3-14(19)10-15)20-18(25)13-5-6-16-22-28(26,27)8-7-23(16)11-13/h2-6,9-11H,7-8H2,1H3,(H,20,25). The van der Waals surface area contributed by atoms with E-state index >= 15 is 0 Å². The van der Waals surface area contributed by atoms with Gasteiger partial charge in [-0.2, -0.15) is 5.10 Å². The van der Waals surface area contributed by atoms with Gasteiger partial charge in [0.15, 0.2) is 0 Å². The number of sulfonamides is 1. The molecule has 4 rings (SSSR count). The van der Waals surface area contributed by atoms with Gasteiger partial charge in [-0.05, 0) is 37.3 Å². The molecule has 2 aromatic rings. The Balaban J connectivity index is 1.59. The van der Waals surface area contributed by atoms with Gasteiger partial charge < -0.3 is 10.2 Å². The van der Waals surface area contributed by atoms with Crippen molar-refractivity contribution in [2.24, 2.45) is 4.40 Å². The Morgan fingerprint density at radius 3 is 2.86 bits per heavy atom. The van der Waals surface area contributed by atoms with Gasteiger partial charge in [-0.25, -0.2) is 13.1 Å². The van der Waals surface area contributed by atoms with Crippen molar-refractivity contribution in [1.29, 1.82) is 0 Å². The average Bonchev–Trinajstić information content (AvgIpc) is 3.00. The van der Waals surface area contributed by atoms with Crippen molar-refractivity contribution >= 4 is 43.5 Å². The van der Waals surface area contributed by atoms with Crippen molar-refractivity contribution < 1.29 is 13.2 Å². The molecule has 0 aliphatic carbocycles. The van der Waals surface area contributed by atoms with Crippen molar-refractivity contribution in [1.82, 2.24) is 14.7 Å². The van der Waals surface area contributed by atoms with Crippen LogP contribution < -0.4 is 5.32 Å². The first-order valence-electron chi connectivity index (χ1n) is 8.44. The molecule has 2 aliphatic heterocycles. The Labute approximate surface area is 170 Å². The number of nitrogens with one attached hydrogen (secondary N) is 1. The van der Waals surface area contributed by atoms with Gasteiger partial charge in [0.2, 0.25) is 0 Å². The monoisotopic (exact) mass is 461 g/mol. The van der Waals surface area contributed by atoms with E-state index < -0.39 is 10.0 Å². The number of aryl methyl sites for hydroxylation is 1. The Morgan fingerprint density at radius 2 is 2.07 bits per heavy atom. The van der Waals surface area contributed by atoms with Gasteiger partial charge >= 0.3 is 0 Å². The zero-order valence-corrected chi connectivity index (χ0v) is 17.2. The number of carbonyl (C=O) groups excluding carboxylic acids is 1. The predicted octanol–water partition coefficient (Wildman–Crippen LogP) is 2.38. The number of nitrogens with zero attached hydrogens (tertiary/aromatic N) is 4. The van der Waals surface area contributed by atoms with Crippen molar-refractivity contribution in [3.8, 4) is 5.69 Å². The minimum atomic E-state index is -3.43. The number of amidine groups is 1. The van der Waals surface area contributed by atoms with Crippen LogP contribution >= 0.6 is 15.9 Å². The van der Waals surface area contributed by atoms with Crippen LogP contribution in [0.25, 0.3) is 5.69 Å². The highest BCUT2D eigenvalue weighted by Gasteiger charge is 2.25. The third-order valence-corrected chi connectivity index (χ3v) is 5.87. The summed E-state index contributed by atoms with van der Waals surface area (Å²) in [4.78, 5) is 14.4. The van der Waals surface area contributed by atoms with E-state index in [1.165, 1.54) is 6.08 Å². The summed E-state index contributed by atoms with van der Waals surface area (Å²) in [6.45, 7) is 2.11. The third-order valence-electron chi connectivity index (χ3n) is 4.21. The number of anilines is 1. The lowest BCUT2D eigenvalue weighted by atomic mass is 10.2. The van der Waals surface area contributed by atoms with E-state index in [0.717, 1.165) is 15.9 Å². The maximum Gasteiger partial charge on any atom is 0.258 e. The molecule has 3 heterocycles. The molecule has 0 atom stereocenters. The minimum absolute atomic E-state index is 0.0788. The second-order valence-electron chi connectivity index (χ2n) is 6.36. The number of fused-ring (bicyclic) bond motifs is 1. The zero-order chi connectivity index (χ0) is 19.9. The Hall–Kier alpha value is -2.72. The summed E-state index contributed by atoms with van der Waals surface area (Å²) in [6, 6.07) is 9.38. The first-order chi connectivity index (χ1) is 13.3. The van der Waals surface area contributed by atoms with Crippen LogP contribution in [-0.4, -0.2) is 47.1 Å². The summed E-state index contributed by atoms with van der Waals surface area (Å²) in [5, 5.41) is 7.32. The highest BCUT2D eigenvalue weighted by atomic mass is 79.9. The predicted molar refractivity (Wildman–Crippen MR) is 110 cm³/mol. The topological polar surface area (TPSA) is 96.7 Å². The summed E-state index contributed by atoms with van der Waals surface area (Å²) in [5.41, 5.74) is 1.97. The molecule has 144 valence electrons. The molecular formula is C18H16BrN5O3S. The number of hydrogen-bond acceptors (Lipinski definition) is 5. The van der Waals surface area contributed by atoms with Crippen molar-refractivity contribution in [3.05, 3.63) is 64.4 Å². The molecule has 0 saturated carbocycles. The molecule has 0 spiro atoms. The first kappa shape index (κ1) is 18.6. The zero-order valence-electron chi connectivity index (χ0n) is 14.8. The lowest BCUT2D eigenvalue weighted by Gasteiger charge is -2.26. The van der Waals surface area contributed by atoms with E-state index in [4.69, 9.17) is 0 Å². The Bertz CT molecular complexity index is 1160. The molecule has 0 bridgehead atoms. The molecule has 28 heavy (non-hydrogen) atoms. The van der Waals surface area contributed by atoms with Crippen LogP contribution in [-0.2, 0) is 14.8 Å². The number of halogens is 1. The molecule has 8 nitrogen and oxygen atoms in total. The van der Waals surface area contributed by atoms with E-state index in [0.29, 0.717) is 17.2 Å². The van der Waals surface area contributed by atoms with Crippen LogP contribution in [0, 0.1) is 6.92 Å². The van der Waals surface area contributed by atoms with E-state index in [2.05, 4.69) is 30.7 Å². The van der Waals surface area contributed by atoms with Crippen LogP contribution in [0.5, 0.6) is 0 Å². The molecule has 1 N–H and O–H groups in total. The van der Waals surface area contributed by atoms with Gasteiger partial charge in [-0.1, -0.05) is 22.0 Å². The minimum Gasteiger partial charge on any atom is -0.330 e. The van der Waals surface area contributed by atoms with Crippen molar-refractivity contribution in [2.75, 3.05) is 17.6 Å². The molecule has 10 heteroatoms. The van der Waals surface area contributed by atoms with E-state index in [1.54, 1.807) is 27.9 Å². The summed E-state index contributed by atoms with van der Waals surface area (Å²) in [7, 11) is -3.43. The quantitative estimate of drug-likeness (QED) is 0.756. The number of carbonyl (C=O) groups is 1. The van der Waals surface area contributed by atoms with Crippen LogP contribution in [0.15, 0.2) is 63.1 Å². The lowest BCUT2D eigenvalue weighted by molar-refractivity contribution is -0.112. The van der Waals surface area contributed by atoms with Crippen LogP contribution in [0.4, 0.5) is 5.82 Å². The largest absolute Gasteiger partial charge is 0.330 e. The number of benzene rings is 1. The fraction of sp³-hybridized carbons (Fsp3) is 0.167. The van der Waals surface area contributed by atoms with Gasteiger partial charge in [0.05, 0.1) is 22.7 Å². The molecule has 0 radical (unpaired) electrons. The smallest absolute Gasteiger partial charge is 0.258 e. The highest BCUT2D eigenvalue weighted by Crippen LogP contribution is 2.22. The van der Waals surface area contributed by atoms with Gasteiger partial charge in [-0.15, -0.1) is 4.40 Å². The average molecular weight is 462 g/mol. The van der Waals surface area contributed by atoms with Crippen molar-refractivity contribution in [3.63, 3.8) is 0 Å². The summed E-state index contributed by atoms with van der Waals surface area (Å²) in [5.74, 6) is 0.457. The molecule has 1 aromatic carbocycles. The molecule has 2 aliphatic rings. The van der Waals surface area contributed by atoms with Crippen molar-refractivity contribution in [2.45, 2.75) is 6.92 Å². The lowest BCUT2D eigenvalue weighted by Crippen LogP contribution is -2.37. The molecule has 1 aromatic heterocycles. The molecular weight excluding hydrogens is 446 g/mol. The number of rotatable bonds is 3. The van der Waals surface area contributed by atoms with E-state index in [-0.39, 0.29) is 18.2 Å². The molecule has 0 saturated heterocycles. The molecule has 0 fully saturated rings. The Kier molecular flexibility index (Phi) is 4.68. The van der Waals surface area contributed by atoms with Gasteiger partial charge in [0.25, 0.3) is 15.9 Å². The summed E-state index contributed by atoms with van der Waals surface area (Å²) >= 11 is 3.44. The van der Waals surface area contributed by atoms with Crippen LogP contribution in [0.1, 0.15) is 5.69 Å². The first-order valence-corrected chi connectivity index (χ1v) is 10.8. The second kappa shape index (κ2) is 7.02. The Morgan fingerprint density at radius 1 is 1.25 bits per heavy atom. The normalized spacial score (nSPS) is 17.6.